The van der Waals surface area contributed by atoms with Gasteiger partial charge in [0.2, 0.25) is 0 Å². The highest BCUT2D eigenvalue weighted by Gasteiger charge is 2.28. The van der Waals surface area contributed by atoms with E-state index in [-0.39, 0.29) is 12.5 Å². The Morgan fingerprint density at radius 1 is 1.25 bits per heavy atom. The fourth-order valence-electron chi connectivity index (χ4n) is 3.11. The number of allylic oxidation sites excluding steroid dienone is 1. The van der Waals surface area contributed by atoms with E-state index < -0.39 is 5.91 Å². The maximum absolute atomic E-state index is 13.6. The summed E-state index contributed by atoms with van der Waals surface area (Å²) in [7, 11) is 0. The van der Waals surface area contributed by atoms with E-state index in [0.717, 1.165) is 5.56 Å². The molecule has 1 aromatic heterocycles. The summed E-state index contributed by atoms with van der Waals surface area (Å²) in [5.41, 5.74) is 1.73. The summed E-state index contributed by atoms with van der Waals surface area (Å²) in [5, 5.41) is 0.623. The van der Waals surface area contributed by atoms with Crippen LogP contribution in [0.3, 0.4) is 0 Å². The Hall–Kier alpha value is -3.06. The molecule has 0 spiro atoms. The van der Waals surface area contributed by atoms with Gasteiger partial charge in [0.1, 0.15) is 5.69 Å². The average molecular weight is 460 g/mol. The fourth-order valence-corrected chi connectivity index (χ4v) is 3.24. The molecular weight excluding hydrogens is 430 g/mol. The molecular formula is C24H30ClN3O4. The van der Waals surface area contributed by atoms with Crippen LogP contribution in [-0.2, 0) is 16.1 Å². The lowest BCUT2D eigenvalue weighted by atomic mass is 10.2. The van der Waals surface area contributed by atoms with E-state index in [0.29, 0.717) is 55.0 Å². The van der Waals surface area contributed by atoms with Gasteiger partial charge in [-0.05, 0) is 50.5 Å². The summed E-state index contributed by atoms with van der Waals surface area (Å²) in [6, 6.07) is 7.65. The van der Waals surface area contributed by atoms with Crippen LogP contribution in [-0.4, -0.2) is 46.0 Å². The molecule has 0 unspecified atom stereocenters. The molecule has 2 aromatic rings. The lowest BCUT2D eigenvalue weighted by molar-refractivity contribution is -0.123. The van der Waals surface area contributed by atoms with Crippen LogP contribution >= 0.6 is 11.6 Å². The Bertz CT molecular complexity index is 951. The van der Waals surface area contributed by atoms with Gasteiger partial charge in [-0.1, -0.05) is 43.3 Å². The number of hydrogen-bond donors (Lipinski definition) is 0. The third kappa shape index (κ3) is 6.72. The Morgan fingerprint density at radius 3 is 2.59 bits per heavy atom. The number of imidazole rings is 1. The molecule has 0 saturated heterocycles. The molecule has 0 N–H and O–H groups in total. The summed E-state index contributed by atoms with van der Waals surface area (Å²) < 4.78 is 12.5. The molecule has 0 atom stereocenters. The number of halogens is 1. The second-order valence-electron chi connectivity index (χ2n) is 6.97. The normalized spacial score (nSPS) is 10.9. The maximum atomic E-state index is 13.6. The van der Waals surface area contributed by atoms with Gasteiger partial charge in [0, 0.05) is 11.6 Å². The summed E-state index contributed by atoms with van der Waals surface area (Å²) in [6.45, 7) is 10.3. The fraction of sp³-hybridized carbons (Fsp3) is 0.375. The zero-order valence-corrected chi connectivity index (χ0v) is 19.6. The standard InChI is InChI=1S/C24H30ClN3O4/c1-5-8-10-21(29)27(15-9-16-31-6-2)23(30)22-18(4)26-24(32-7-3)28(22)17-19-11-13-20(25)14-12-19/h6,8,10-14H,2,5,7,9,15-17H2,1,3-4H3. The van der Waals surface area contributed by atoms with Crippen molar-refractivity contribution in [2.45, 2.75) is 40.2 Å². The Morgan fingerprint density at radius 2 is 1.97 bits per heavy atom. The van der Waals surface area contributed by atoms with Gasteiger partial charge in [0.25, 0.3) is 17.8 Å². The number of benzene rings is 1. The molecule has 0 aliphatic carbocycles. The van der Waals surface area contributed by atoms with Crippen LogP contribution < -0.4 is 4.74 Å². The van der Waals surface area contributed by atoms with E-state index in [4.69, 9.17) is 21.1 Å². The second-order valence-corrected chi connectivity index (χ2v) is 7.41. The number of aryl methyl sites for hydroxylation is 1. The van der Waals surface area contributed by atoms with Gasteiger partial charge in [-0.3, -0.25) is 19.1 Å². The van der Waals surface area contributed by atoms with Gasteiger partial charge in [0.05, 0.1) is 31.7 Å². The summed E-state index contributed by atoms with van der Waals surface area (Å²) in [6.07, 6.45) is 5.66. The lowest BCUT2D eigenvalue weighted by Gasteiger charge is -2.21. The molecule has 1 heterocycles. The number of hydrogen-bond acceptors (Lipinski definition) is 5. The molecule has 0 fully saturated rings. The third-order valence-electron chi connectivity index (χ3n) is 4.61. The minimum atomic E-state index is -0.431. The largest absolute Gasteiger partial charge is 0.502 e. The summed E-state index contributed by atoms with van der Waals surface area (Å²) >= 11 is 6.01. The molecule has 8 heteroatoms. The van der Waals surface area contributed by atoms with Gasteiger partial charge in [-0.2, -0.15) is 4.98 Å². The van der Waals surface area contributed by atoms with Crippen molar-refractivity contribution in [3.05, 3.63) is 71.2 Å². The minimum absolute atomic E-state index is 0.203. The topological polar surface area (TPSA) is 73.7 Å². The van der Waals surface area contributed by atoms with Crippen molar-refractivity contribution < 1.29 is 19.1 Å². The molecule has 0 radical (unpaired) electrons. The first kappa shape index (κ1) is 25.2. The lowest BCUT2D eigenvalue weighted by Crippen LogP contribution is -2.38. The number of carbonyl (C=O) groups is 2. The van der Waals surface area contributed by atoms with Crippen LogP contribution in [0, 0.1) is 6.92 Å². The molecule has 0 aliphatic rings. The summed E-state index contributed by atoms with van der Waals surface area (Å²) in [4.78, 5) is 32.1. The highest BCUT2D eigenvalue weighted by atomic mass is 35.5. The number of nitrogens with zero attached hydrogens (tertiary/aromatic N) is 3. The maximum Gasteiger partial charge on any atom is 0.297 e. The molecule has 2 amide bonds. The highest BCUT2D eigenvalue weighted by molar-refractivity contribution is 6.30. The van der Waals surface area contributed by atoms with Crippen LogP contribution in [0.15, 0.2) is 49.3 Å². The summed E-state index contributed by atoms with van der Waals surface area (Å²) in [5.74, 6) is -0.814. The zero-order chi connectivity index (χ0) is 23.5. The Kier molecular flexibility index (Phi) is 10.0. The SMILES string of the molecule is C=COCCCN(C(=O)C=CCC)C(=O)c1c(C)nc(OCC)n1Cc1ccc(Cl)cc1. The highest BCUT2D eigenvalue weighted by Crippen LogP contribution is 2.23. The number of amides is 2. The van der Waals surface area contributed by atoms with E-state index in [2.05, 4.69) is 11.6 Å². The predicted molar refractivity (Wildman–Crippen MR) is 125 cm³/mol. The quantitative estimate of drug-likeness (QED) is 0.259. The molecule has 172 valence electrons. The van der Waals surface area contributed by atoms with Crippen LogP contribution in [0.5, 0.6) is 6.01 Å². The van der Waals surface area contributed by atoms with E-state index in [9.17, 15) is 9.59 Å². The smallest absolute Gasteiger partial charge is 0.297 e. The van der Waals surface area contributed by atoms with Gasteiger partial charge in [-0.25, -0.2) is 0 Å². The van der Waals surface area contributed by atoms with E-state index in [1.165, 1.54) is 17.2 Å². The van der Waals surface area contributed by atoms with Crippen molar-refractivity contribution in [1.29, 1.82) is 0 Å². The zero-order valence-electron chi connectivity index (χ0n) is 18.8. The molecule has 0 saturated carbocycles. The van der Waals surface area contributed by atoms with Gasteiger partial charge >= 0.3 is 0 Å². The molecule has 0 bridgehead atoms. The van der Waals surface area contributed by atoms with Gasteiger partial charge < -0.3 is 9.47 Å². The van der Waals surface area contributed by atoms with Gasteiger partial charge in [0.15, 0.2) is 0 Å². The number of ether oxygens (including phenoxy) is 2. The molecule has 2 rings (SSSR count). The number of imide groups is 1. The van der Waals surface area contributed by atoms with E-state index in [1.54, 1.807) is 29.7 Å². The van der Waals surface area contributed by atoms with Crippen LogP contribution in [0.1, 0.15) is 48.4 Å². The number of rotatable bonds is 12. The molecule has 0 aliphatic heterocycles. The molecule has 7 nitrogen and oxygen atoms in total. The molecule has 1 aromatic carbocycles. The second kappa shape index (κ2) is 12.7. The van der Waals surface area contributed by atoms with Crippen molar-refractivity contribution in [3.8, 4) is 6.01 Å². The molecule has 32 heavy (non-hydrogen) atoms. The first-order chi connectivity index (χ1) is 15.4. The van der Waals surface area contributed by atoms with E-state index >= 15 is 0 Å². The van der Waals surface area contributed by atoms with Crippen molar-refractivity contribution in [2.75, 3.05) is 19.8 Å². The Balaban J connectivity index is 2.43. The van der Waals surface area contributed by atoms with Crippen molar-refractivity contribution in [1.82, 2.24) is 14.5 Å². The van der Waals surface area contributed by atoms with Gasteiger partial charge in [-0.15, -0.1) is 0 Å². The van der Waals surface area contributed by atoms with E-state index in [1.807, 2.05) is 26.0 Å². The minimum Gasteiger partial charge on any atom is -0.502 e. The van der Waals surface area contributed by atoms with Crippen LogP contribution in [0.2, 0.25) is 5.02 Å². The Labute approximate surface area is 194 Å². The van der Waals surface area contributed by atoms with Crippen LogP contribution in [0.4, 0.5) is 0 Å². The monoisotopic (exact) mass is 459 g/mol. The van der Waals surface area contributed by atoms with Crippen molar-refractivity contribution in [3.63, 3.8) is 0 Å². The van der Waals surface area contributed by atoms with Crippen LogP contribution in [0.25, 0.3) is 0 Å². The van der Waals surface area contributed by atoms with Crippen molar-refractivity contribution in [2.24, 2.45) is 0 Å². The predicted octanol–water partition coefficient (Wildman–Crippen LogP) is 4.78. The first-order valence-corrected chi connectivity index (χ1v) is 11.0. The number of aromatic nitrogens is 2. The third-order valence-corrected chi connectivity index (χ3v) is 4.86. The average Bonchev–Trinajstić information content (AvgIpc) is 3.08. The number of carbonyl (C=O) groups excluding carboxylic acids is 2. The van der Waals surface area contributed by atoms with Crippen molar-refractivity contribution >= 4 is 23.4 Å². The first-order valence-electron chi connectivity index (χ1n) is 10.6.